The first kappa shape index (κ1) is 16.3. The maximum atomic E-state index is 10.7. The molecule has 0 saturated heterocycles. The molecular weight excluding hydrogens is 256 g/mol. The number of nitrogens with two attached hydrogens (primary N) is 1. The molecule has 1 amide bonds. The Bertz CT molecular complexity index is 435. The highest BCUT2D eigenvalue weighted by molar-refractivity contribution is 5.73. The van der Waals surface area contributed by atoms with Gasteiger partial charge in [0.05, 0.1) is 20.1 Å². The summed E-state index contributed by atoms with van der Waals surface area (Å²) in [6, 6.07) is 6.06. The fourth-order valence-electron chi connectivity index (χ4n) is 1.81. The molecule has 0 fully saturated rings. The Kier molecular flexibility index (Phi) is 6.87. The highest BCUT2D eigenvalue weighted by atomic mass is 16.5. The van der Waals surface area contributed by atoms with Crippen LogP contribution in [0.1, 0.15) is 38.3 Å². The second-order valence-corrected chi connectivity index (χ2v) is 4.65. The van der Waals surface area contributed by atoms with Crippen molar-refractivity contribution in [2.75, 3.05) is 20.3 Å². The Balaban J connectivity index is 2.71. The quantitative estimate of drug-likeness (QED) is 0.725. The fraction of sp³-hybridized carbons (Fsp3) is 0.533. The van der Waals surface area contributed by atoms with Crippen molar-refractivity contribution in [1.82, 2.24) is 5.32 Å². The standard InChI is InChI=1S/C15H24N2O3/c1-4-8-17-11(2)12-5-6-13(14(10-12)19-3)20-9-7-15(16)18/h5-6,10-11,17H,4,7-9H2,1-3H3,(H2,16,18). The SMILES string of the molecule is CCCNC(C)c1ccc(OCCC(N)=O)c(OC)c1. The lowest BCUT2D eigenvalue weighted by atomic mass is 10.1. The molecule has 5 heteroatoms. The van der Waals surface area contributed by atoms with E-state index in [0.717, 1.165) is 18.5 Å². The molecule has 0 radical (unpaired) electrons. The van der Waals surface area contributed by atoms with Gasteiger partial charge < -0.3 is 20.5 Å². The number of methoxy groups -OCH3 is 1. The topological polar surface area (TPSA) is 73.6 Å². The Morgan fingerprint density at radius 1 is 1.40 bits per heavy atom. The molecule has 0 aliphatic rings. The van der Waals surface area contributed by atoms with E-state index in [2.05, 4.69) is 19.2 Å². The van der Waals surface area contributed by atoms with Gasteiger partial charge in [0, 0.05) is 6.04 Å². The van der Waals surface area contributed by atoms with Gasteiger partial charge in [0.15, 0.2) is 11.5 Å². The van der Waals surface area contributed by atoms with E-state index in [0.29, 0.717) is 11.5 Å². The fourth-order valence-corrected chi connectivity index (χ4v) is 1.81. The number of benzene rings is 1. The van der Waals surface area contributed by atoms with Crippen molar-refractivity contribution in [3.63, 3.8) is 0 Å². The minimum Gasteiger partial charge on any atom is -0.493 e. The number of primary amides is 1. The van der Waals surface area contributed by atoms with Crippen molar-refractivity contribution < 1.29 is 14.3 Å². The molecule has 1 aromatic rings. The summed E-state index contributed by atoms with van der Waals surface area (Å²) < 4.78 is 10.8. The van der Waals surface area contributed by atoms with Crippen LogP contribution in [0.3, 0.4) is 0 Å². The van der Waals surface area contributed by atoms with Crippen molar-refractivity contribution in [2.45, 2.75) is 32.7 Å². The van der Waals surface area contributed by atoms with Gasteiger partial charge in [0.2, 0.25) is 5.91 Å². The lowest BCUT2D eigenvalue weighted by Crippen LogP contribution is -2.19. The number of ether oxygens (including phenoxy) is 2. The Hall–Kier alpha value is -1.75. The van der Waals surface area contributed by atoms with E-state index < -0.39 is 0 Å². The van der Waals surface area contributed by atoms with Crippen LogP contribution in [0.2, 0.25) is 0 Å². The Morgan fingerprint density at radius 3 is 2.75 bits per heavy atom. The van der Waals surface area contributed by atoms with Gasteiger partial charge in [0.1, 0.15) is 0 Å². The summed E-state index contributed by atoms with van der Waals surface area (Å²) in [5, 5.41) is 3.42. The highest BCUT2D eigenvalue weighted by Gasteiger charge is 2.10. The van der Waals surface area contributed by atoms with E-state index in [-0.39, 0.29) is 25.0 Å². The molecule has 5 nitrogen and oxygen atoms in total. The predicted molar refractivity (Wildman–Crippen MR) is 79.0 cm³/mol. The minimum absolute atomic E-state index is 0.194. The van der Waals surface area contributed by atoms with E-state index in [1.807, 2.05) is 18.2 Å². The molecule has 1 atom stereocenters. The largest absolute Gasteiger partial charge is 0.493 e. The third kappa shape index (κ3) is 5.09. The van der Waals surface area contributed by atoms with Crippen LogP contribution in [0.25, 0.3) is 0 Å². The molecular formula is C15H24N2O3. The molecule has 0 saturated carbocycles. The van der Waals surface area contributed by atoms with Gasteiger partial charge in [-0.05, 0) is 37.6 Å². The summed E-state index contributed by atoms with van der Waals surface area (Å²) in [5.41, 5.74) is 6.22. The summed E-state index contributed by atoms with van der Waals surface area (Å²) in [4.78, 5) is 10.7. The van der Waals surface area contributed by atoms with Gasteiger partial charge in [-0.15, -0.1) is 0 Å². The molecule has 1 aromatic carbocycles. The summed E-state index contributed by atoms with van der Waals surface area (Å²) >= 11 is 0. The Labute approximate surface area is 120 Å². The third-order valence-electron chi connectivity index (χ3n) is 2.99. The van der Waals surface area contributed by atoms with Crippen molar-refractivity contribution >= 4 is 5.91 Å². The summed E-state index contributed by atoms with van der Waals surface area (Å²) in [5.74, 6) is 0.912. The number of hydrogen-bond donors (Lipinski definition) is 2. The van der Waals surface area contributed by atoms with Crippen molar-refractivity contribution in [2.24, 2.45) is 5.73 Å². The average molecular weight is 280 g/mol. The molecule has 0 spiro atoms. The van der Waals surface area contributed by atoms with Crippen LogP contribution in [0.5, 0.6) is 11.5 Å². The smallest absolute Gasteiger partial charge is 0.220 e. The first-order valence-corrected chi connectivity index (χ1v) is 6.90. The van der Waals surface area contributed by atoms with Crippen LogP contribution in [-0.2, 0) is 4.79 Å². The van der Waals surface area contributed by atoms with Crippen LogP contribution in [0, 0.1) is 0 Å². The van der Waals surface area contributed by atoms with Gasteiger partial charge in [0.25, 0.3) is 0 Å². The number of carbonyl (C=O) groups is 1. The zero-order valence-electron chi connectivity index (χ0n) is 12.4. The van der Waals surface area contributed by atoms with Gasteiger partial charge in [-0.1, -0.05) is 13.0 Å². The maximum absolute atomic E-state index is 10.7. The Morgan fingerprint density at radius 2 is 2.15 bits per heavy atom. The highest BCUT2D eigenvalue weighted by Crippen LogP contribution is 2.30. The summed E-state index contributed by atoms with van der Waals surface area (Å²) in [7, 11) is 1.60. The number of amides is 1. The molecule has 3 N–H and O–H groups in total. The predicted octanol–water partition coefficient (Wildman–Crippen LogP) is 2.01. The average Bonchev–Trinajstić information content (AvgIpc) is 2.44. The van der Waals surface area contributed by atoms with Crippen LogP contribution in [-0.4, -0.2) is 26.2 Å². The lowest BCUT2D eigenvalue weighted by molar-refractivity contribution is -0.118. The molecule has 0 aliphatic heterocycles. The van der Waals surface area contributed by atoms with E-state index in [1.54, 1.807) is 7.11 Å². The van der Waals surface area contributed by atoms with E-state index >= 15 is 0 Å². The lowest BCUT2D eigenvalue weighted by Gasteiger charge is -2.16. The van der Waals surface area contributed by atoms with Crippen LogP contribution in [0.4, 0.5) is 0 Å². The normalized spacial score (nSPS) is 11.9. The molecule has 1 rings (SSSR count). The van der Waals surface area contributed by atoms with Crippen LogP contribution >= 0.6 is 0 Å². The number of rotatable bonds is 9. The van der Waals surface area contributed by atoms with E-state index in [9.17, 15) is 4.79 Å². The van der Waals surface area contributed by atoms with Crippen LogP contribution < -0.4 is 20.5 Å². The molecule has 0 aliphatic carbocycles. The maximum Gasteiger partial charge on any atom is 0.220 e. The van der Waals surface area contributed by atoms with Crippen molar-refractivity contribution in [1.29, 1.82) is 0 Å². The number of nitrogens with one attached hydrogen (secondary N) is 1. The van der Waals surface area contributed by atoms with Crippen LogP contribution in [0.15, 0.2) is 18.2 Å². The first-order chi connectivity index (χ1) is 9.58. The van der Waals surface area contributed by atoms with E-state index in [4.69, 9.17) is 15.2 Å². The van der Waals surface area contributed by atoms with Gasteiger partial charge in [-0.2, -0.15) is 0 Å². The van der Waals surface area contributed by atoms with Gasteiger partial charge in [-0.3, -0.25) is 4.79 Å². The number of hydrogen-bond acceptors (Lipinski definition) is 4. The zero-order chi connectivity index (χ0) is 15.0. The van der Waals surface area contributed by atoms with Gasteiger partial charge >= 0.3 is 0 Å². The van der Waals surface area contributed by atoms with Crippen molar-refractivity contribution in [3.8, 4) is 11.5 Å². The second-order valence-electron chi connectivity index (χ2n) is 4.65. The summed E-state index contributed by atoms with van der Waals surface area (Å²) in [6.07, 6.45) is 1.29. The molecule has 0 bridgehead atoms. The molecule has 112 valence electrons. The minimum atomic E-state index is -0.377. The molecule has 1 unspecified atom stereocenters. The van der Waals surface area contributed by atoms with E-state index in [1.165, 1.54) is 0 Å². The zero-order valence-corrected chi connectivity index (χ0v) is 12.4. The third-order valence-corrected chi connectivity index (χ3v) is 2.99. The van der Waals surface area contributed by atoms with Crippen molar-refractivity contribution in [3.05, 3.63) is 23.8 Å². The number of carbonyl (C=O) groups excluding carboxylic acids is 1. The summed E-state index contributed by atoms with van der Waals surface area (Å²) in [6.45, 7) is 5.48. The molecule has 20 heavy (non-hydrogen) atoms. The first-order valence-electron chi connectivity index (χ1n) is 6.90. The molecule has 0 aromatic heterocycles. The van der Waals surface area contributed by atoms with Gasteiger partial charge in [-0.25, -0.2) is 0 Å². The second kappa shape index (κ2) is 8.43. The monoisotopic (exact) mass is 280 g/mol. The molecule has 0 heterocycles.